The molecule has 0 atom stereocenters. The lowest BCUT2D eigenvalue weighted by Gasteiger charge is -2.18. The highest BCUT2D eigenvalue weighted by Gasteiger charge is 2.12. The number of hydrogen-bond donors (Lipinski definition) is 2. The van der Waals surface area contributed by atoms with Crippen molar-refractivity contribution in [3.8, 4) is 0 Å². The molecule has 2 N–H and O–H groups in total. The molecule has 0 aliphatic heterocycles. The standard InChI is InChI=1S/C19H26N2O4S.C12H27N/c1-2-3-4-5-6-9-14-24-17(22)12-13-18(23)25-26-19-20-15-10-7-8-11-16(15)21-19;1-4-7-10-13(11-8-5-2)12-9-6-3/h7-8,10-11H,2-6,9,12-14H2,1H3,(H,20,21);4-12H2,1-3H3/p+1. The van der Waals surface area contributed by atoms with Crippen molar-refractivity contribution in [3.63, 3.8) is 0 Å². The molecule has 0 spiro atoms. The number of hydrogen-bond acceptors (Lipinski definition) is 6. The molecular formula is C31H54N3O4S+. The average molecular weight is 565 g/mol. The van der Waals surface area contributed by atoms with E-state index in [9.17, 15) is 9.59 Å². The number of benzene rings is 1. The van der Waals surface area contributed by atoms with Gasteiger partial charge < -0.3 is 18.8 Å². The minimum absolute atomic E-state index is 0.00254. The maximum atomic E-state index is 11.7. The zero-order valence-corrected chi connectivity index (χ0v) is 25.8. The molecule has 0 saturated heterocycles. The van der Waals surface area contributed by atoms with Crippen molar-refractivity contribution in [2.75, 3.05) is 26.2 Å². The van der Waals surface area contributed by atoms with Crippen LogP contribution in [-0.2, 0) is 18.5 Å². The summed E-state index contributed by atoms with van der Waals surface area (Å²) in [6.45, 7) is 13.7. The third kappa shape index (κ3) is 18.0. The minimum atomic E-state index is -0.466. The summed E-state index contributed by atoms with van der Waals surface area (Å²) in [6, 6.07) is 7.56. The number of para-hydroxylation sites is 2. The van der Waals surface area contributed by atoms with Gasteiger partial charge in [0.05, 0.1) is 50.1 Å². The summed E-state index contributed by atoms with van der Waals surface area (Å²) in [4.78, 5) is 32.5. The molecule has 1 aromatic carbocycles. The number of imidazole rings is 1. The van der Waals surface area contributed by atoms with Crippen LogP contribution in [0.4, 0.5) is 0 Å². The van der Waals surface area contributed by atoms with Crippen molar-refractivity contribution in [3.05, 3.63) is 24.3 Å². The summed E-state index contributed by atoms with van der Waals surface area (Å²) in [7, 11) is 0. The number of fused-ring (bicyclic) bond motifs is 1. The van der Waals surface area contributed by atoms with Crippen molar-refractivity contribution in [2.45, 2.75) is 123 Å². The molecule has 0 bridgehead atoms. The third-order valence-corrected chi connectivity index (χ3v) is 7.15. The number of H-pyrrole nitrogens is 1. The Balaban J connectivity index is 0.000000495. The normalized spacial score (nSPS) is 10.9. The van der Waals surface area contributed by atoms with Crippen molar-refractivity contribution in [2.24, 2.45) is 0 Å². The average Bonchev–Trinajstić information content (AvgIpc) is 3.37. The first-order valence-corrected chi connectivity index (χ1v) is 16.1. The van der Waals surface area contributed by atoms with Crippen LogP contribution in [-0.4, -0.2) is 48.1 Å². The van der Waals surface area contributed by atoms with Crippen LogP contribution in [0.1, 0.15) is 118 Å². The molecule has 0 amide bonds. The van der Waals surface area contributed by atoms with Crippen LogP contribution in [0, 0.1) is 0 Å². The van der Waals surface area contributed by atoms with E-state index in [0.717, 1.165) is 35.9 Å². The number of aromatic amines is 1. The van der Waals surface area contributed by atoms with Gasteiger partial charge in [0.1, 0.15) is 12.0 Å². The number of esters is 1. The third-order valence-electron chi connectivity index (χ3n) is 6.53. The molecule has 7 nitrogen and oxygen atoms in total. The van der Waals surface area contributed by atoms with Crippen molar-refractivity contribution >= 4 is 35.0 Å². The fourth-order valence-electron chi connectivity index (χ4n) is 4.10. The quantitative estimate of drug-likeness (QED) is 0.0958. The smallest absolute Gasteiger partial charge is 0.318 e. The van der Waals surface area contributed by atoms with Crippen LogP contribution in [0.2, 0.25) is 0 Å². The number of ether oxygens (including phenoxy) is 1. The van der Waals surface area contributed by atoms with Gasteiger partial charge in [-0.3, -0.25) is 9.59 Å². The molecule has 0 aliphatic rings. The molecule has 1 heterocycles. The summed E-state index contributed by atoms with van der Waals surface area (Å²) in [5.41, 5.74) is 1.69. The number of unbranched alkanes of at least 4 members (excludes halogenated alkanes) is 8. The second-order valence-electron chi connectivity index (χ2n) is 10.1. The van der Waals surface area contributed by atoms with E-state index in [1.165, 1.54) is 83.8 Å². The lowest BCUT2D eigenvalue weighted by molar-refractivity contribution is -0.900. The number of nitrogens with zero attached hydrogens (tertiary/aromatic N) is 1. The van der Waals surface area contributed by atoms with Crippen molar-refractivity contribution < 1.29 is 23.4 Å². The van der Waals surface area contributed by atoms with Crippen LogP contribution in [0.25, 0.3) is 11.0 Å². The zero-order valence-electron chi connectivity index (χ0n) is 25.0. The number of carbonyl (C=O) groups excluding carboxylic acids is 2. The lowest BCUT2D eigenvalue weighted by atomic mass is 10.1. The molecule has 0 fully saturated rings. The van der Waals surface area contributed by atoms with Gasteiger partial charge in [-0.25, -0.2) is 4.98 Å². The van der Waals surface area contributed by atoms with E-state index in [0.29, 0.717) is 11.8 Å². The maximum absolute atomic E-state index is 11.7. The van der Waals surface area contributed by atoms with Gasteiger partial charge in [0.25, 0.3) is 0 Å². The molecule has 0 radical (unpaired) electrons. The zero-order chi connectivity index (χ0) is 28.6. The first kappa shape index (κ1) is 35.0. The monoisotopic (exact) mass is 564 g/mol. The van der Waals surface area contributed by atoms with Gasteiger partial charge in [-0.2, -0.15) is 0 Å². The van der Waals surface area contributed by atoms with E-state index in [2.05, 4.69) is 37.7 Å². The van der Waals surface area contributed by atoms with Crippen molar-refractivity contribution in [1.29, 1.82) is 0 Å². The van der Waals surface area contributed by atoms with Crippen LogP contribution >= 0.6 is 12.0 Å². The summed E-state index contributed by atoms with van der Waals surface area (Å²) < 4.78 is 10.2. The Morgan fingerprint density at radius 3 is 1.95 bits per heavy atom. The second-order valence-corrected chi connectivity index (χ2v) is 10.9. The van der Waals surface area contributed by atoms with Crippen LogP contribution in [0.3, 0.4) is 0 Å². The summed E-state index contributed by atoms with van der Waals surface area (Å²) in [5, 5.41) is 0.505. The molecule has 2 rings (SSSR count). The molecule has 2 aromatic rings. The Bertz CT molecular complexity index is 838. The molecule has 0 saturated carbocycles. The van der Waals surface area contributed by atoms with E-state index in [-0.39, 0.29) is 18.8 Å². The highest BCUT2D eigenvalue weighted by molar-refractivity contribution is 7.94. The van der Waals surface area contributed by atoms with Gasteiger partial charge in [0.2, 0.25) is 5.16 Å². The lowest BCUT2D eigenvalue weighted by Crippen LogP contribution is -3.12. The van der Waals surface area contributed by atoms with Gasteiger partial charge in [-0.15, -0.1) is 0 Å². The Labute approximate surface area is 241 Å². The number of carbonyl (C=O) groups is 2. The predicted octanol–water partition coefficient (Wildman–Crippen LogP) is 7.07. The largest absolute Gasteiger partial charge is 0.466 e. The molecular weight excluding hydrogens is 510 g/mol. The van der Waals surface area contributed by atoms with Gasteiger partial charge in [0, 0.05) is 0 Å². The Morgan fingerprint density at radius 2 is 1.33 bits per heavy atom. The Kier molecular flexibility index (Phi) is 21.3. The summed E-state index contributed by atoms with van der Waals surface area (Å²) in [5.74, 6) is -0.823. The van der Waals surface area contributed by atoms with Gasteiger partial charge >= 0.3 is 11.9 Å². The molecule has 8 heteroatoms. The first-order valence-electron chi connectivity index (χ1n) is 15.3. The molecule has 1 aromatic heterocycles. The van der Waals surface area contributed by atoms with Gasteiger partial charge in [-0.1, -0.05) is 91.2 Å². The van der Waals surface area contributed by atoms with Crippen LogP contribution in [0.5, 0.6) is 0 Å². The second kappa shape index (κ2) is 23.8. The topological polar surface area (TPSA) is 85.7 Å². The van der Waals surface area contributed by atoms with E-state index >= 15 is 0 Å². The van der Waals surface area contributed by atoms with E-state index in [4.69, 9.17) is 8.92 Å². The van der Waals surface area contributed by atoms with E-state index in [1.807, 2.05) is 29.2 Å². The van der Waals surface area contributed by atoms with Crippen LogP contribution in [0.15, 0.2) is 29.4 Å². The highest BCUT2D eigenvalue weighted by atomic mass is 32.2. The Morgan fingerprint density at radius 1 is 0.769 bits per heavy atom. The minimum Gasteiger partial charge on any atom is -0.466 e. The number of rotatable bonds is 21. The fourth-order valence-corrected chi connectivity index (χ4v) is 4.64. The summed E-state index contributed by atoms with van der Waals surface area (Å²) >= 11 is 0.868. The predicted molar refractivity (Wildman–Crippen MR) is 162 cm³/mol. The summed E-state index contributed by atoms with van der Waals surface area (Å²) in [6.07, 6.45) is 15.1. The number of quaternary nitrogens is 1. The fraction of sp³-hybridized carbons (Fsp3) is 0.710. The molecule has 0 unspecified atom stereocenters. The number of aromatic nitrogens is 2. The highest BCUT2D eigenvalue weighted by Crippen LogP contribution is 2.20. The maximum Gasteiger partial charge on any atom is 0.318 e. The Hall–Kier alpha value is -2.06. The number of nitrogens with one attached hydrogen (secondary N) is 2. The van der Waals surface area contributed by atoms with Crippen molar-refractivity contribution in [1.82, 2.24) is 9.97 Å². The molecule has 39 heavy (non-hydrogen) atoms. The van der Waals surface area contributed by atoms with Crippen LogP contribution < -0.4 is 4.90 Å². The van der Waals surface area contributed by atoms with E-state index < -0.39 is 5.97 Å². The molecule has 0 aliphatic carbocycles. The van der Waals surface area contributed by atoms with Gasteiger partial charge in [-0.05, 0) is 37.8 Å². The van der Waals surface area contributed by atoms with Gasteiger partial charge in [0.15, 0.2) is 0 Å². The first-order chi connectivity index (χ1) is 19.0. The SMILES string of the molecule is CCCCCCCCOC(=O)CCC(=O)OSc1nc2ccccc2[nH]1.CCCC[NH+](CCCC)CCCC. The molecule has 222 valence electrons. The van der Waals surface area contributed by atoms with E-state index in [1.54, 1.807) is 0 Å².